The van der Waals surface area contributed by atoms with E-state index in [0.717, 1.165) is 16.8 Å². The minimum atomic E-state index is -0.302. The van der Waals surface area contributed by atoms with Gasteiger partial charge in [0.15, 0.2) is 0 Å². The van der Waals surface area contributed by atoms with Crippen LogP contribution in [0.25, 0.3) is 0 Å². The molecule has 2 aromatic rings. The number of carbonyl (C=O) groups is 1. The standard InChI is InChI=1S/C16H17NO2/c1-12(18)19-16(13-7-3-2-4-8-13)11-14-9-5-6-10-15(14)17/h2-10,16H,11,17H2,1H3. The molecular weight excluding hydrogens is 238 g/mol. The Labute approximate surface area is 113 Å². The van der Waals surface area contributed by atoms with Gasteiger partial charge in [-0.1, -0.05) is 48.5 Å². The zero-order valence-electron chi connectivity index (χ0n) is 10.9. The molecule has 0 amide bonds. The van der Waals surface area contributed by atoms with Crippen LogP contribution < -0.4 is 5.73 Å². The monoisotopic (exact) mass is 255 g/mol. The van der Waals surface area contributed by atoms with Gasteiger partial charge in [0.25, 0.3) is 0 Å². The number of anilines is 1. The van der Waals surface area contributed by atoms with Crippen LogP contribution in [0.3, 0.4) is 0 Å². The first-order valence-electron chi connectivity index (χ1n) is 6.22. The molecule has 0 fully saturated rings. The summed E-state index contributed by atoms with van der Waals surface area (Å²) in [6.07, 6.45) is 0.277. The minimum Gasteiger partial charge on any atom is -0.457 e. The number of carbonyl (C=O) groups excluding carboxylic acids is 1. The summed E-state index contributed by atoms with van der Waals surface area (Å²) in [5.41, 5.74) is 8.61. The van der Waals surface area contributed by atoms with Crippen molar-refractivity contribution in [3.63, 3.8) is 0 Å². The van der Waals surface area contributed by atoms with Crippen molar-refractivity contribution < 1.29 is 9.53 Å². The third kappa shape index (κ3) is 3.58. The van der Waals surface area contributed by atoms with Gasteiger partial charge in [0.2, 0.25) is 0 Å². The molecule has 2 aromatic carbocycles. The Morgan fingerprint density at radius 2 is 1.74 bits per heavy atom. The molecule has 0 aliphatic carbocycles. The Morgan fingerprint density at radius 3 is 2.37 bits per heavy atom. The van der Waals surface area contributed by atoms with Gasteiger partial charge in [0, 0.05) is 19.0 Å². The molecule has 0 bridgehead atoms. The van der Waals surface area contributed by atoms with Crippen molar-refractivity contribution in [2.75, 3.05) is 5.73 Å². The average molecular weight is 255 g/mol. The Morgan fingerprint density at radius 1 is 1.11 bits per heavy atom. The lowest BCUT2D eigenvalue weighted by Crippen LogP contribution is -2.12. The molecule has 1 atom stereocenters. The molecule has 0 aromatic heterocycles. The van der Waals surface area contributed by atoms with Gasteiger partial charge in [0.05, 0.1) is 0 Å². The van der Waals surface area contributed by atoms with Crippen LogP contribution in [-0.4, -0.2) is 5.97 Å². The highest BCUT2D eigenvalue weighted by atomic mass is 16.5. The van der Waals surface area contributed by atoms with E-state index in [-0.39, 0.29) is 12.1 Å². The fourth-order valence-corrected chi connectivity index (χ4v) is 2.02. The first kappa shape index (κ1) is 13.1. The lowest BCUT2D eigenvalue weighted by Gasteiger charge is -2.18. The summed E-state index contributed by atoms with van der Waals surface area (Å²) in [6, 6.07) is 17.3. The highest BCUT2D eigenvalue weighted by molar-refractivity contribution is 5.66. The second kappa shape index (κ2) is 6.05. The van der Waals surface area contributed by atoms with Crippen LogP contribution in [0.15, 0.2) is 54.6 Å². The Bertz CT molecular complexity index is 552. The van der Waals surface area contributed by atoms with Crippen LogP contribution in [0.1, 0.15) is 24.2 Å². The molecular formula is C16H17NO2. The Hall–Kier alpha value is -2.29. The smallest absolute Gasteiger partial charge is 0.303 e. The summed E-state index contributed by atoms with van der Waals surface area (Å²) < 4.78 is 5.40. The van der Waals surface area contributed by atoms with E-state index in [0.29, 0.717) is 6.42 Å². The normalized spacial score (nSPS) is 11.8. The molecule has 0 aliphatic rings. The summed E-state index contributed by atoms with van der Waals surface area (Å²) in [5, 5.41) is 0. The van der Waals surface area contributed by atoms with E-state index in [4.69, 9.17) is 10.5 Å². The van der Waals surface area contributed by atoms with Gasteiger partial charge >= 0.3 is 5.97 Å². The van der Waals surface area contributed by atoms with Crippen LogP contribution in [0.4, 0.5) is 5.69 Å². The van der Waals surface area contributed by atoms with Gasteiger partial charge in [-0.25, -0.2) is 0 Å². The molecule has 3 nitrogen and oxygen atoms in total. The number of benzene rings is 2. The molecule has 0 saturated carbocycles. The molecule has 0 saturated heterocycles. The molecule has 3 heteroatoms. The number of esters is 1. The summed E-state index contributed by atoms with van der Waals surface area (Å²) in [7, 11) is 0. The van der Waals surface area contributed by atoms with Crippen molar-refractivity contribution in [3.8, 4) is 0 Å². The predicted octanol–water partition coefficient (Wildman–Crippen LogP) is 3.12. The van der Waals surface area contributed by atoms with E-state index >= 15 is 0 Å². The lowest BCUT2D eigenvalue weighted by molar-refractivity contribution is -0.146. The molecule has 0 aliphatic heterocycles. The fraction of sp³-hybridized carbons (Fsp3) is 0.188. The maximum absolute atomic E-state index is 11.2. The third-order valence-electron chi connectivity index (χ3n) is 2.94. The minimum absolute atomic E-state index is 0.289. The van der Waals surface area contributed by atoms with E-state index in [9.17, 15) is 4.79 Å². The number of nitrogens with two attached hydrogens (primary N) is 1. The van der Waals surface area contributed by atoms with Crippen molar-refractivity contribution >= 4 is 11.7 Å². The number of hydrogen-bond acceptors (Lipinski definition) is 3. The largest absolute Gasteiger partial charge is 0.457 e. The van der Waals surface area contributed by atoms with E-state index < -0.39 is 0 Å². The van der Waals surface area contributed by atoms with Gasteiger partial charge in [-0.3, -0.25) is 4.79 Å². The molecule has 19 heavy (non-hydrogen) atoms. The predicted molar refractivity (Wildman–Crippen MR) is 75.5 cm³/mol. The molecule has 0 spiro atoms. The SMILES string of the molecule is CC(=O)OC(Cc1ccccc1N)c1ccccc1. The summed E-state index contributed by atoms with van der Waals surface area (Å²) in [4.78, 5) is 11.2. The third-order valence-corrected chi connectivity index (χ3v) is 2.94. The zero-order chi connectivity index (χ0) is 13.7. The maximum Gasteiger partial charge on any atom is 0.303 e. The highest BCUT2D eigenvalue weighted by Gasteiger charge is 2.16. The number of para-hydroxylation sites is 1. The topological polar surface area (TPSA) is 52.3 Å². The molecule has 1 unspecified atom stereocenters. The van der Waals surface area contributed by atoms with Crippen molar-refractivity contribution in [2.24, 2.45) is 0 Å². The molecule has 98 valence electrons. The molecule has 2 N–H and O–H groups in total. The van der Waals surface area contributed by atoms with E-state index in [1.54, 1.807) is 0 Å². The highest BCUT2D eigenvalue weighted by Crippen LogP contribution is 2.25. The maximum atomic E-state index is 11.2. The molecule has 0 heterocycles. The summed E-state index contributed by atoms with van der Waals surface area (Å²) in [5.74, 6) is -0.289. The fourth-order valence-electron chi connectivity index (χ4n) is 2.02. The van der Waals surface area contributed by atoms with Gasteiger partial charge in [-0.15, -0.1) is 0 Å². The first-order chi connectivity index (χ1) is 9.16. The van der Waals surface area contributed by atoms with Crippen LogP contribution in [0.2, 0.25) is 0 Å². The van der Waals surface area contributed by atoms with Crippen molar-refractivity contribution in [1.29, 1.82) is 0 Å². The van der Waals surface area contributed by atoms with Crippen molar-refractivity contribution in [1.82, 2.24) is 0 Å². The van der Waals surface area contributed by atoms with E-state index in [1.807, 2.05) is 54.6 Å². The average Bonchev–Trinajstić information content (AvgIpc) is 2.41. The van der Waals surface area contributed by atoms with Crippen LogP contribution >= 0.6 is 0 Å². The second-order valence-corrected chi connectivity index (χ2v) is 4.41. The zero-order valence-corrected chi connectivity index (χ0v) is 10.9. The number of rotatable bonds is 4. The van der Waals surface area contributed by atoms with E-state index in [2.05, 4.69) is 0 Å². The van der Waals surface area contributed by atoms with Crippen LogP contribution in [-0.2, 0) is 16.0 Å². The van der Waals surface area contributed by atoms with Gasteiger partial charge in [0.1, 0.15) is 6.10 Å². The van der Waals surface area contributed by atoms with Crippen molar-refractivity contribution in [2.45, 2.75) is 19.4 Å². The van der Waals surface area contributed by atoms with Gasteiger partial charge in [-0.2, -0.15) is 0 Å². The summed E-state index contributed by atoms with van der Waals surface area (Å²) >= 11 is 0. The van der Waals surface area contributed by atoms with Crippen LogP contribution in [0.5, 0.6) is 0 Å². The quantitative estimate of drug-likeness (QED) is 0.674. The summed E-state index contributed by atoms with van der Waals surface area (Å²) in [6.45, 7) is 1.42. The Kier molecular flexibility index (Phi) is 4.18. The second-order valence-electron chi connectivity index (χ2n) is 4.41. The first-order valence-corrected chi connectivity index (χ1v) is 6.22. The van der Waals surface area contributed by atoms with Crippen molar-refractivity contribution in [3.05, 3.63) is 65.7 Å². The molecule has 0 radical (unpaired) electrons. The lowest BCUT2D eigenvalue weighted by atomic mass is 10.00. The van der Waals surface area contributed by atoms with E-state index in [1.165, 1.54) is 6.92 Å². The Balaban J connectivity index is 2.24. The van der Waals surface area contributed by atoms with Gasteiger partial charge < -0.3 is 10.5 Å². The number of hydrogen-bond donors (Lipinski definition) is 1. The number of nitrogen functional groups attached to an aromatic ring is 1. The number of ether oxygens (including phenoxy) is 1. The molecule has 2 rings (SSSR count). The van der Waals surface area contributed by atoms with Gasteiger partial charge in [-0.05, 0) is 17.2 Å². The van der Waals surface area contributed by atoms with Crippen LogP contribution in [0, 0.1) is 0 Å².